The van der Waals surface area contributed by atoms with Crippen molar-refractivity contribution in [2.75, 3.05) is 47.9 Å². The number of halogens is 2. The van der Waals surface area contributed by atoms with E-state index in [0.717, 1.165) is 99.1 Å². The number of aliphatic carboxylic acids is 1. The number of esters is 1. The number of Topliss-reactive ketones (excluding diaryl/α,β-unsaturated/α-hetero) is 2. The topological polar surface area (TPSA) is 210 Å². The summed E-state index contributed by atoms with van der Waals surface area (Å²) in [7, 11) is 7.97. The van der Waals surface area contributed by atoms with E-state index in [1.54, 1.807) is 61.9 Å². The standard InChI is InChI=1S/C38H51FN2O4.C36H47FN2O4.Li.2H2O.2H2S/c1-10-45-36(44)22-30(32-20-31(18-28(7)38(32)39)37-25(4)12-11-13-26(37)5)21-34(42)33(15-14-24(2)3)41-23-29(16-17-40(8)9)27(6)19-35(41)43;1-22(2)12-13-31(39-21-27(14-15-38(7)8)25(5)17-33(39)41)32(40)19-28(20-34(42)43)30-18-29(16-26(6)36(30)37)35-23(3)10-9-11-24(35)4;;;;;/h11-13,18-20,23-24,30,33H,10,14-17,21-22H2,1-9H3;9-11,16-18,21-22,28,31H,12-15,19-20H2,1-8H3,(H,42,43);;4*1H2/q;;+1;;;;/p-1/t30-,33?;28-,31?;;;;;/m00...../s1. The summed E-state index contributed by atoms with van der Waals surface area (Å²) in [5.74, 6) is -3.98. The Morgan fingerprint density at radius 3 is 1.18 bits per heavy atom. The van der Waals surface area contributed by atoms with Crippen molar-refractivity contribution in [1.82, 2.24) is 18.9 Å². The minimum atomic E-state index is -1.11. The van der Waals surface area contributed by atoms with Gasteiger partial charge < -0.3 is 39.7 Å². The molecule has 2 unspecified atom stereocenters. The van der Waals surface area contributed by atoms with E-state index >= 15 is 8.78 Å². The first-order valence-corrected chi connectivity index (χ1v) is 31.3. The van der Waals surface area contributed by atoms with Gasteiger partial charge in [0.1, 0.15) is 11.6 Å². The number of nitrogens with zero attached hydrogens (tertiary/aromatic N) is 4. The van der Waals surface area contributed by atoms with Gasteiger partial charge in [-0.25, -0.2) is 8.78 Å². The van der Waals surface area contributed by atoms with Crippen LogP contribution >= 0.6 is 27.0 Å². The van der Waals surface area contributed by atoms with Gasteiger partial charge in [-0.3, -0.25) is 28.8 Å². The maximum Gasteiger partial charge on any atom is 1.00 e. The summed E-state index contributed by atoms with van der Waals surface area (Å²) in [5.41, 5.74) is 12.5. The van der Waals surface area contributed by atoms with E-state index in [0.29, 0.717) is 47.8 Å². The number of benzene rings is 4. The summed E-state index contributed by atoms with van der Waals surface area (Å²) in [6.07, 6.45) is 6.64. The number of carbonyl (C=O) groups excluding carboxylic acids is 3. The number of hydrogen-bond acceptors (Lipinski definition) is 10. The monoisotopic (exact) mass is 1320 g/mol. The zero-order chi connectivity index (χ0) is 65.4. The van der Waals surface area contributed by atoms with Gasteiger partial charge in [-0.05, 0) is 254 Å². The van der Waals surface area contributed by atoms with Gasteiger partial charge in [-0.1, -0.05) is 64.1 Å². The van der Waals surface area contributed by atoms with Crippen LogP contribution in [0.2, 0.25) is 0 Å². The molecular weight excluding hydrogens is 1210 g/mol. The molecule has 4 aromatic carbocycles. The number of hydrogen-bond donors (Lipinski definition) is 1. The average molecular weight is 1320 g/mol. The van der Waals surface area contributed by atoms with E-state index in [-0.39, 0.29) is 111 Å². The van der Waals surface area contributed by atoms with Crippen LogP contribution in [0.4, 0.5) is 8.78 Å². The largest absolute Gasteiger partial charge is 1.00 e. The molecule has 6 rings (SSSR count). The quantitative estimate of drug-likeness (QED) is 0.0345. The minimum absolute atomic E-state index is 0. The predicted molar refractivity (Wildman–Crippen MR) is 378 cm³/mol. The van der Waals surface area contributed by atoms with Gasteiger partial charge in [0.2, 0.25) is 0 Å². The molecule has 0 radical (unpaired) electrons. The van der Waals surface area contributed by atoms with Crippen LogP contribution in [-0.2, 0) is 36.8 Å². The van der Waals surface area contributed by atoms with Gasteiger partial charge in [0, 0.05) is 62.3 Å². The van der Waals surface area contributed by atoms with Crippen LogP contribution in [0, 0.1) is 78.9 Å². The first-order valence-electron chi connectivity index (χ1n) is 31.3. The molecule has 0 spiro atoms. The van der Waals surface area contributed by atoms with Crippen LogP contribution < -0.4 is 30.0 Å². The molecule has 0 aliphatic rings. The number of carboxylic acid groups (broad SMARTS) is 1. The van der Waals surface area contributed by atoms with Crippen molar-refractivity contribution in [2.24, 2.45) is 11.8 Å². The van der Waals surface area contributed by atoms with Crippen LogP contribution in [0.15, 0.2) is 94.8 Å². The fourth-order valence-corrected chi connectivity index (χ4v) is 12.0. The van der Waals surface area contributed by atoms with Gasteiger partial charge in [0.15, 0.2) is 11.6 Å². The molecule has 6 aromatic rings. The number of likely N-dealkylation sites (N-methyl/N-ethyl adjacent to an activating group) is 2. The first kappa shape index (κ1) is 87.1. The molecule has 19 heteroatoms. The van der Waals surface area contributed by atoms with E-state index in [2.05, 4.69) is 37.5 Å². The van der Waals surface area contributed by atoms with Gasteiger partial charge in [0.05, 0.1) is 31.5 Å². The first-order chi connectivity index (χ1) is 41.4. The van der Waals surface area contributed by atoms with Crippen LogP contribution in [-0.4, -0.2) is 106 Å². The molecule has 4 N–H and O–H groups in total. The summed E-state index contributed by atoms with van der Waals surface area (Å²) in [6, 6.07) is 20.8. The van der Waals surface area contributed by atoms with E-state index in [1.807, 2.05) is 118 Å². The molecule has 0 saturated carbocycles. The Bertz CT molecular complexity index is 3530. The molecule has 0 aliphatic heterocycles. The normalized spacial score (nSPS) is 12.2. The molecule has 0 fully saturated rings. The molecule has 0 bridgehead atoms. The predicted octanol–water partition coefficient (Wildman–Crippen LogP) is 11.1. The zero-order valence-corrected chi connectivity index (χ0v) is 60.5. The average Bonchev–Trinajstić information content (AvgIpc) is 0.873. The second kappa shape index (κ2) is 40.5. The molecule has 2 heterocycles. The van der Waals surface area contributed by atoms with Crippen molar-refractivity contribution in [3.05, 3.63) is 184 Å². The fourth-order valence-electron chi connectivity index (χ4n) is 12.0. The number of rotatable bonds is 29. The number of aromatic nitrogens is 2. The Labute approximate surface area is 578 Å². The molecule has 2 aromatic heterocycles. The molecule has 0 amide bonds. The third kappa shape index (κ3) is 24.7. The summed E-state index contributed by atoms with van der Waals surface area (Å²) >= 11 is 0. The number of carbonyl (C=O) groups is 4. The van der Waals surface area contributed by atoms with Crippen LogP contribution in [0.25, 0.3) is 22.3 Å². The fraction of sp³-hybridized carbons (Fsp3) is 0.486. The van der Waals surface area contributed by atoms with Crippen molar-refractivity contribution in [1.29, 1.82) is 0 Å². The zero-order valence-electron chi connectivity index (χ0n) is 58.5. The SMILES string of the molecule is CCOC(=O)C[C@H](CC(=O)C(CCC(C)C)n1cc(CCN(C)C)c(C)cc1=O)c1cc(-c2c(C)cccc2C)cc(C)c1F.Cc1cc(=O)n(C(CCC(C)C)C(=O)C[C@@H](CC(=O)O)c2cc(-c3c(C)cccc3C)cc(C)c2F)cc1CCN(C)C.O.S.S.[Li+].[OH-]. The van der Waals surface area contributed by atoms with Crippen LogP contribution in [0.5, 0.6) is 0 Å². The molecule has 14 nitrogen and oxygen atoms in total. The van der Waals surface area contributed by atoms with Gasteiger partial charge >= 0.3 is 30.8 Å². The number of ether oxygens (including phenoxy) is 1. The summed E-state index contributed by atoms with van der Waals surface area (Å²) in [6.45, 7) is 27.0. The van der Waals surface area contributed by atoms with Gasteiger partial charge in [-0.2, -0.15) is 27.0 Å². The summed E-state index contributed by atoms with van der Waals surface area (Å²) < 4.78 is 40.2. The summed E-state index contributed by atoms with van der Waals surface area (Å²) in [5, 5.41) is 9.85. The Morgan fingerprint density at radius 2 is 0.871 bits per heavy atom. The maximum absolute atomic E-state index is 16.0. The summed E-state index contributed by atoms with van der Waals surface area (Å²) in [4.78, 5) is 84.1. The van der Waals surface area contributed by atoms with E-state index in [9.17, 15) is 33.9 Å². The van der Waals surface area contributed by atoms with Crippen LogP contribution in [0.1, 0.15) is 177 Å². The van der Waals surface area contributed by atoms with Crippen LogP contribution in [0.3, 0.4) is 0 Å². The van der Waals surface area contributed by atoms with Crippen molar-refractivity contribution < 1.29 is 67.6 Å². The van der Waals surface area contributed by atoms with Crippen molar-refractivity contribution in [3.8, 4) is 22.3 Å². The number of aryl methyl sites for hydroxylation is 8. The Balaban J connectivity index is 0.00000173. The Kier molecular flexibility index (Phi) is 37.9. The van der Waals surface area contributed by atoms with Crippen molar-refractivity contribution in [2.45, 2.75) is 178 Å². The second-order valence-corrected chi connectivity index (χ2v) is 25.8. The van der Waals surface area contributed by atoms with E-state index < -0.39 is 53.9 Å². The third-order valence-electron chi connectivity index (χ3n) is 16.9. The molecular formula is C74H105F2LiN4O10S2. The van der Waals surface area contributed by atoms with Gasteiger partial charge in [0.25, 0.3) is 11.1 Å². The maximum atomic E-state index is 16.0. The Morgan fingerprint density at radius 1 is 0.527 bits per heavy atom. The van der Waals surface area contributed by atoms with Crippen molar-refractivity contribution >= 4 is 50.5 Å². The molecule has 4 atom stereocenters. The minimum Gasteiger partial charge on any atom is -0.870 e. The third-order valence-corrected chi connectivity index (χ3v) is 16.9. The number of pyridine rings is 2. The molecule has 93 heavy (non-hydrogen) atoms. The molecule has 0 aliphatic carbocycles. The Hall–Kier alpha value is -5.94. The number of ketones is 2. The van der Waals surface area contributed by atoms with Gasteiger partial charge in [-0.15, -0.1) is 0 Å². The second-order valence-electron chi connectivity index (χ2n) is 25.8. The molecule has 508 valence electrons. The van der Waals surface area contributed by atoms with Crippen molar-refractivity contribution in [3.63, 3.8) is 0 Å². The molecule has 0 saturated heterocycles. The van der Waals surface area contributed by atoms with E-state index in [4.69, 9.17) is 4.74 Å². The number of carboxylic acids is 1. The van der Waals surface area contributed by atoms with E-state index in [1.165, 1.54) is 4.57 Å². The smallest absolute Gasteiger partial charge is 0.870 e.